The van der Waals surface area contributed by atoms with Crippen molar-refractivity contribution in [3.8, 4) is 11.5 Å². The van der Waals surface area contributed by atoms with Crippen LogP contribution in [0, 0.1) is 6.92 Å². The second kappa shape index (κ2) is 7.51. The van der Waals surface area contributed by atoms with E-state index in [1.807, 2.05) is 13.0 Å². The number of Topliss-reactive ketones (excluding diaryl/α,β-unsaturated/α-hetero) is 1. The second-order valence-corrected chi connectivity index (χ2v) is 6.01. The van der Waals surface area contributed by atoms with E-state index in [1.165, 1.54) is 24.4 Å². The van der Waals surface area contributed by atoms with Gasteiger partial charge in [0.1, 0.15) is 17.1 Å². The molecular weight excluding hydrogens is 350 g/mol. The maximum Gasteiger partial charge on any atom is 0.339 e. The van der Waals surface area contributed by atoms with Gasteiger partial charge < -0.3 is 25.0 Å². The van der Waals surface area contributed by atoms with Crippen molar-refractivity contribution >= 4 is 17.4 Å². The quantitative estimate of drug-likeness (QED) is 0.694. The van der Waals surface area contributed by atoms with E-state index in [1.54, 1.807) is 19.1 Å². The van der Waals surface area contributed by atoms with Crippen LogP contribution in [-0.2, 0) is 4.74 Å². The van der Waals surface area contributed by atoms with Crippen LogP contribution in [0.15, 0.2) is 48.2 Å². The summed E-state index contributed by atoms with van der Waals surface area (Å²) in [4.78, 5) is 23.9. The highest BCUT2D eigenvalue weighted by Crippen LogP contribution is 2.32. The fourth-order valence-corrected chi connectivity index (χ4v) is 2.74. The Bertz CT molecular complexity index is 934. The molecule has 7 heteroatoms. The molecule has 0 spiro atoms. The van der Waals surface area contributed by atoms with Crippen LogP contribution in [0.5, 0.6) is 11.5 Å². The van der Waals surface area contributed by atoms with Gasteiger partial charge in [-0.15, -0.1) is 0 Å². The molecule has 1 heterocycles. The van der Waals surface area contributed by atoms with Gasteiger partial charge in [0.25, 0.3) is 0 Å². The van der Waals surface area contributed by atoms with Gasteiger partial charge in [0.05, 0.1) is 11.1 Å². The highest BCUT2D eigenvalue weighted by molar-refractivity contribution is 6.12. The number of ketones is 1. The number of aromatic hydroxyl groups is 1. The van der Waals surface area contributed by atoms with Crippen molar-refractivity contribution in [1.82, 2.24) is 0 Å². The molecule has 0 bridgehead atoms. The van der Waals surface area contributed by atoms with Crippen molar-refractivity contribution < 1.29 is 29.3 Å². The zero-order valence-electron chi connectivity index (χ0n) is 14.9. The van der Waals surface area contributed by atoms with Crippen molar-refractivity contribution in [3.05, 3.63) is 64.9 Å². The molecule has 1 aliphatic rings. The third kappa shape index (κ3) is 3.78. The number of carbonyl (C=O) groups is 2. The van der Waals surface area contributed by atoms with Crippen LogP contribution in [0.4, 0.5) is 5.69 Å². The summed E-state index contributed by atoms with van der Waals surface area (Å²) in [6, 6.07) is 9.37. The van der Waals surface area contributed by atoms with E-state index in [9.17, 15) is 14.7 Å². The summed E-state index contributed by atoms with van der Waals surface area (Å²) >= 11 is 0. The van der Waals surface area contributed by atoms with Gasteiger partial charge in [-0.1, -0.05) is 11.6 Å². The predicted octanol–water partition coefficient (Wildman–Crippen LogP) is 3.33. The molecule has 27 heavy (non-hydrogen) atoms. The summed E-state index contributed by atoms with van der Waals surface area (Å²) in [7, 11) is 0. The Morgan fingerprint density at radius 3 is 2.74 bits per heavy atom. The van der Waals surface area contributed by atoms with E-state index < -0.39 is 12.3 Å². The number of carbonyl (C=O) groups excluding carboxylic acids is 1. The first-order chi connectivity index (χ1) is 12.9. The fourth-order valence-electron chi connectivity index (χ4n) is 2.74. The average Bonchev–Trinajstić information content (AvgIpc) is 2.62. The van der Waals surface area contributed by atoms with Crippen LogP contribution in [0.25, 0.3) is 0 Å². The van der Waals surface area contributed by atoms with Gasteiger partial charge in [0.15, 0.2) is 5.78 Å². The number of benzene rings is 2. The van der Waals surface area contributed by atoms with Crippen LogP contribution in [0.2, 0.25) is 0 Å². The van der Waals surface area contributed by atoms with Gasteiger partial charge in [0, 0.05) is 24.6 Å². The molecule has 0 aliphatic carbocycles. The van der Waals surface area contributed by atoms with Crippen LogP contribution >= 0.6 is 0 Å². The number of aromatic carboxylic acids is 1. The lowest BCUT2D eigenvalue weighted by Crippen LogP contribution is -2.33. The summed E-state index contributed by atoms with van der Waals surface area (Å²) in [5.41, 5.74) is 1.87. The van der Waals surface area contributed by atoms with Crippen molar-refractivity contribution in [2.75, 3.05) is 11.9 Å². The number of nitrogens with one attached hydrogen (secondary N) is 1. The lowest BCUT2D eigenvalue weighted by Gasteiger charge is -2.27. The molecule has 0 saturated carbocycles. The van der Waals surface area contributed by atoms with Crippen molar-refractivity contribution in [2.45, 2.75) is 20.1 Å². The Balaban J connectivity index is 1.91. The monoisotopic (exact) mass is 369 g/mol. The first-order valence-corrected chi connectivity index (χ1v) is 8.37. The zero-order valence-corrected chi connectivity index (χ0v) is 14.9. The van der Waals surface area contributed by atoms with Crippen molar-refractivity contribution in [1.29, 1.82) is 0 Å². The number of ether oxygens (including phenoxy) is 2. The number of fused-ring (bicyclic) bond motifs is 1. The Labute approximate surface area is 155 Å². The topological polar surface area (TPSA) is 105 Å². The molecule has 3 rings (SSSR count). The van der Waals surface area contributed by atoms with Gasteiger partial charge in [-0.2, -0.15) is 0 Å². The minimum Gasteiger partial charge on any atom is -0.507 e. The fraction of sp³-hybridized carbons (Fsp3) is 0.200. The molecule has 2 aromatic rings. The maximum atomic E-state index is 12.9. The van der Waals surface area contributed by atoms with E-state index in [0.29, 0.717) is 23.6 Å². The van der Waals surface area contributed by atoms with Crippen LogP contribution in [0.1, 0.15) is 33.2 Å². The average molecular weight is 369 g/mol. The normalized spacial score (nSPS) is 17.3. The summed E-state index contributed by atoms with van der Waals surface area (Å²) in [5.74, 6) is -1.36. The van der Waals surface area contributed by atoms with Crippen LogP contribution < -0.4 is 10.1 Å². The predicted molar refractivity (Wildman–Crippen MR) is 98.3 cm³/mol. The molecule has 0 unspecified atom stereocenters. The standard InChI is InChI=1S/C20H19NO6/c1-3-26-20-15(18(23)14-8-11(2)4-7-17(14)27-20)10-21-12-5-6-13(19(24)25)16(22)9-12/h4-10,20-22H,3H2,1-2H3,(H,24,25)/t20-/m1/s1. The van der Waals surface area contributed by atoms with Gasteiger partial charge >= 0.3 is 5.97 Å². The molecule has 0 saturated heterocycles. The van der Waals surface area contributed by atoms with Crippen LogP contribution in [0.3, 0.4) is 0 Å². The van der Waals surface area contributed by atoms with Crippen LogP contribution in [-0.4, -0.2) is 34.9 Å². The molecule has 0 aromatic heterocycles. The smallest absolute Gasteiger partial charge is 0.339 e. The molecule has 3 N–H and O–H groups in total. The third-order valence-electron chi connectivity index (χ3n) is 4.07. The number of hydrogen-bond acceptors (Lipinski definition) is 6. The second-order valence-electron chi connectivity index (χ2n) is 6.01. The Morgan fingerprint density at radius 1 is 1.30 bits per heavy atom. The first kappa shape index (κ1) is 18.5. The molecule has 1 atom stereocenters. The lowest BCUT2D eigenvalue weighted by molar-refractivity contribution is -0.0509. The third-order valence-corrected chi connectivity index (χ3v) is 4.07. The number of aryl methyl sites for hydroxylation is 1. The largest absolute Gasteiger partial charge is 0.507 e. The number of anilines is 1. The van der Waals surface area contributed by atoms with Gasteiger partial charge in [-0.05, 0) is 38.1 Å². The number of hydrogen-bond donors (Lipinski definition) is 3. The SMILES string of the molecule is CCO[C@@H]1Oc2ccc(C)cc2C(=O)C1=CNc1ccc(C(=O)O)c(O)c1. The van der Waals surface area contributed by atoms with Gasteiger partial charge in [-0.3, -0.25) is 4.79 Å². The van der Waals surface area contributed by atoms with E-state index in [-0.39, 0.29) is 22.7 Å². The number of rotatable bonds is 5. The maximum absolute atomic E-state index is 12.9. The number of phenols is 1. The molecule has 7 nitrogen and oxygen atoms in total. The van der Waals surface area contributed by atoms with E-state index in [2.05, 4.69) is 5.32 Å². The Hall–Kier alpha value is -3.32. The minimum atomic E-state index is -1.23. The van der Waals surface area contributed by atoms with Crippen molar-refractivity contribution in [3.63, 3.8) is 0 Å². The molecular formula is C20H19NO6. The zero-order chi connectivity index (χ0) is 19.6. The number of carboxylic acids is 1. The van der Waals surface area contributed by atoms with E-state index >= 15 is 0 Å². The molecule has 2 aromatic carbocycles. The van der Waals surface area contributed by atoms with Crippen molar-refractivity contribution in [2.24, 2.45) is 0 Å². The summed E-state index contributed by atoms with van der Waals surface area (Å²) in [6.07, 6.45) is 0.584. The van der Waals surface area contributed by atoms with E-state index in [4.69, 9.17) is 14.6 Å². The molecule has 140 valence electrons. The summed E-state index contributed by atoms with van der Waals surface area (Å²) in [5, 5.41) is 21.6. The molecule has 0 fully saturated rings. The lowest BCUT2D eigenvalue weighted by atomic mass is 9.98. The summed E-state index contributed by atoms with van der Waals surface area (Å²) in [6.45, 7) is 4.04. The highest BCUT2D eigenvalue weighted by atomic mass is 16.7. The Kier molecular flexibility index (Phi) is 5.14. The molecule has 0 amide bonds. The Morgan fingerprint density at radius 2 is 2.07 bits per heavy atom. The summed E-state index contributed by atoms with van der Waals surface area (Å²) < 4.78 is 11.3. The minimum absolute atomic E-state index is 0.207. The number of carboxylic acid groups (broad SMARTS) is 1. The van der Waals surface area contributed by atoms with E-state index in [0.717, 1.165) is 5.56 Å². The highest BCUT2D eigenvalue weighted by Gasteiger charge is 2.32. The van der Waals surface area contributed by atoms with Gasteiger partial charge in [-0.25, -0.2) is 4.79 Å². The van der Waals surface area contributed by atoms with Gasteiger partial charge in [0.2, 0.25) is 6.29 Å². The molecule has 0 radical (unpaired) electrons. The first-order valence-electron chi connectivity index (χ1n) is 8.37. The molecule has 1 aliphatic heterocycles.